The number of nitrogens with zero attached hydrogens (tertiary/aromatic N) is 6. The number of phenolic OH excluding ortho intramolecular Hbond substituents is 1. The predicted molar refractivity (Wildman–Crippen MR) is 250 cm³/mol. The minimum absolute atomic E-state index is 0.0218. The van der Waals surface area contributed by atoms with Gasteiger partial charge in [0.15, 0.2) is 5.75 Å². The SMILES string of the molecule is COc1cc(N=Nc2ccc3cccc(S(=O)(=O)O)c3c2)c2ccccc2c1N=Nc1cc(OCCCS(=O)(=O)O)c(N=Nc2ccc3cc(Nc4ccccc4)ccc3c2O)cc1C. The first-order chi connectivity index (χ1) is 31.2. The van der Waals surface area contributed by atoms with Crippen molar-refractivity contribution in [2.24, 2.45) is 30.7 Å². The van der Waals surface area contributed by atoms with Crippen LogP contribution < -0.4 is 14.8 Å². The molecule has 65 heavy (non-hydrogen) atoms. The Morgan fingerprint density at radius 2 is 1.28 bits per heavy atom. The molecule has 0 saturated carbocycles. The number of aromatic hydroxyl groups is 1. The third-order valence-electron chi connectivity index (χ3n) is 10.2. The summed E-state index contributed by atoms with van der Waals surface area (Å²) in [6, 6.07) is 40.4. The van der Waals surface area contributed by atoms with Crippen molar-refractivity contribution in [2.75, 3.05) is 24.8 Å². The summed E-state index contributed by atoms with van der Waals surface area (Å²) >= 11 is 0. The van der Waals surface area contributed by atoms with Crippen molar-refractivity contribution in [2.45, 2.75) is 18.2 Å². The fourth-order valence-corrected chi connectivity index (χ4v) is 8.22. The Morgan fingerprint density at radius 3 is 2.05 bits per heavy atom. The van der Waals surface area contributed by atoms with E-state index in [-0.39, 0.29) is 40.8 Å². The number of ether oxygens (including phenoxy) is 2. The normalized spacial score (nSPS) is 12.3. The first-order valence-electron chi connectivity index (χ1n) is 19.9. The molecule has 0 saturated heterocycles. The summed E-state index contributed by atoms with van der Waals surface area (Å²) in [7, 11) is -7.25. The highest BCUT2D eigenvalue weighted by molar-refractivity contribution is 7.86. The predicted octanol–water partition coefficient (Wildman–Crippen LogP) is 13.1. The highest BCUT2D eigenvalue weighted by Gasteiger charge is 2.17. The number of hydrogen-bond acceptors (Lipinski definition) is 14. The summed E-state index contributed by atoms with van der Waals surface area (Å²) in [5.41, 5.74) is 4.35. The Kier molecular flexibility index (Phi) is 12.6. The molecule has 0 atom stereocenters. The molecule has 8 rings (SSSR count). The molecule has 328 valence electrons. The largest absolute Gasteiger partial charge is 0.505 e. The molecular weight excluding hydrogens is 871 g/mol. The molecule has 16 nitrogen and oxygen atoms in total. The van der Waals surface area contributed by atoms with Crippen molar-refractivity contribution >= 4 is 98.1 Å². The lowest BCUT2D eigenvalue weighted by atomic mass is 10.1. The van der Waals surface area contributed by atoms with Crippen molar-refractivity contribution < 1.29 is 40.5 Å². The van der Waals surface area contributed by atoms with Crippen LogP contribution >= 0.6 is 0 Å². The van der Waals surface area contributed by atoms with Gasteiger partial charge in [0.2, 0.25) is 0 Å². The molecule has 0 spiro atoms. The number of phenols is 1. The van der Waals surface area contributed by atoms with E-state index in [2.05, 4.69) is 36.0 Å². The van der Waals surface area contributed by atoms with Gasteiger partial charge in [-0.3, -0.25) is 9.11 Å². The molecule has 0 aliphatic rings. The summed E-state index contributed by atoms with van der Waals surface area (Å²) in [6.45, 7) is 1.69. The monoisotopic (exact) mass is 909 g/mol. The van der Waals surface area contributed by atoms with Crippen molar-refractivity contribution in [1.82, 2.24) is 0 Å². The number of azo groups is 3. The topological polar surface area (TPSA) is 234 Å². The van der Waals surface area contributed by atoms with Crippen LogP contribution in [0.5, 0.6) is 17.2 Å². The lowest BCUT2D eigenvalue weighted by Gasteiger charge is -2.12. The average molecular weight is 910 g/mol. The highest BCUT2D eigenvalue weighted by atomic mass is 32.2. The van der Waals surface area contributed by atoms with Gasteiger partial charge in [-0.15, -0.1) is 25.6 Å². The van der Waals surface area contributed by atoms with Crippen molar-refractivity contribution in [3.8, 4) is 17.2 Å². The van der Waals surface area contributed by atoms with Crippen LogP contribution in [-0.4, -0.2) is 50.5 Å². The maximum Gasteiger partial charge on any atom is 0.295 e. The molecule has 8 aromatic rings. The van der Waals surface area contributed by atoms with Gasteiger partial charge in [0, 0.05) is 45.1 Å². The van der Waals surface area contributed by atoms with Crippen molar-refractivity contribution in [3.63, 3.8) is 0 Å². The molecule has 0 heterocycles. The smallest absolute Gasteiger partial charge is 0.295 e. The fraction of sp³-hybridized carbons (Fsp3) is 0.106. The first kappa shape index (κ1) is 44.0. The maximum atomic E-state index is 12.0. The zero-order valence-corrected chi connectivity index (χ0v) is 36.3. The van der Waals surface area contributed by atoms with E-state index in [1.165, 1.54) is 25.3 Å². The molecule has 4 N–H and O–H groups in total. The third-order valence-corrected chi connectivity index (χ3v) is 11.9. The van der Waals surface area contributed by atoms with Crippen LogP contribution in [0.25, 0.3) is 32.3 Å². The minimum Gasteiger partial charge on any atom is -0.505 e. The summed E-state index contributed by atoms with van der Waals surface area (Å²) in [6.07, 6.45) is -0.0218. The summed E-state index contributed by atoms with van der Waals surface area (Å²) in [5.74, 6) is -0.0928. The van der Waals surface area contributed by atoms with E-state index in [0.717, 1.165) is 16.8 Å². The number of benzene rings is 8. The van der Waals surface area contributed by atoms with Crippen LogP contribution in [-0.2, 0) is 20.2 Å². The fourth-order valence-electron chi connectivity index (χ4n) is 7.04. The van der Waals surface area contributed by atoms with E-state index in [4.69, 9.17) is 9.47 Å². The molecule has 0 radical (unpaired) electrons. The summed E-state index contributed by atoms with van der Waals surface area (Å²) < 4.78 is 77.8. The van der Waals surface area contributed by atoms with Gasteiger partial charge in [0.05, 0.1) is 36.5 Å². The highest BCUT2D eigenvalue weighted by Crippen LogP contribution is 2.45. The van der Waals surface area contributed by atoms with Gasteiger partial charge in [-0.1, -0.05) is 66.7 Å². The lowest BCUT2D eigenvalue weighted by molar-refractivity contribution is 0.317. The van der Waals surface area contributed by atoms with Gasteiger partial charge in [-0.2, -0.15) is 21.9 Å². The van der Waals surface area contributed by atoms with Crippen LogP contribution in [0, 0.1) is 6.92 Å². The van der Waals surface area contributed by atoms with Crippen LogP contribution in [0.15, 0.2) is 175 Å². The molecule has 0 unspecified atom stereocenters. The molecule has 0 amide bonds. The Labute approximate surface area is 373 Å². The van der Waals surface area contributed by atoms with Gasteiger partial charge in [-0.25, -0.2) is 0 Å². The number of fused-ring (bicyclic) bond motifs is 3. The lowest BCUT2D eigenvalue weighted by Crippen LogP contribution is -2.08. The number of aryl methyl sites for hydroxylation is 1. The number of rotatable bonds is 15. The molecule has 18 heteroatoms. The van der Waals surface area contributed by atoms with E-state index in [1.54, 1.807) is 55.5 Å². The second-order valence-electron chi connectivity index (χ2n) is 14.7. The number of anilines is 2. The Bertz CT molecular complexity index is 3440. The third kappa shape index (κ3) is 10.3. The van der Waals surface area contributed by atoms with Gasteiger partial charge in [0.25, 0.3) is 20.2 Å². The number of para-hydroxylation sites is 1. The zero-order chi connectivity index (χ0) is 45.7. The van der Waals surface area contributed by atoms with Crippen LogP contribution in [0.3, 0.4) is 0 Å². The van der Waals surface area contributed by atoms with E-state index in [0.29, 0.717) is 61.0 Å². The van der Waals surface area contributed by atoms with E-state index < -0.39 is 26.0 Å². The molecule has 0 fully saturated rings. The Hall–Kier alpha value is -7.64. The van der Waals surface area contributed by atoms with Crippen LogP contribution in [0.1, 0.15) is 12.0 Å². The van der Waals surface area contributed by atoms with E-state index in [9.17, 15) is 31.0 Å². The Morgan fingerprint density at radius 1 is 0.569 bits per heavy atom. The summed E-state index contributed by atoms with van der Waals surface area (Å²) in [4.78, 5) is -0.243. The Balaban J connectivity index is 1.10. The number of nitrogens with one attached hydrogen (secondary N) is 1. The van der Waals surface area contributed by atoms with Gasteiger partial charge in [-0.05, 0) is 90.3 Å². The molecule has 0 aliphatic heterocycles. The molecule has 0 aromatic heterocycles. The van der Waals surface area contributed by atoms with Crippen molar-refractivity contribution in [1.29, 1.82) is 0 Å². The van der Waals surface area contributed by atoms with Gasteiger partial charge < -0.3 is 19.9 Å². The van der Waals surface area contributed by atoms with Crippen LogP contribution in [0.2, 0.25) is 0 Å². The number of hydrogen-bond donors (Lipinski definition) is 4. The van der Waals surface area contributed by atoms with Gasteiger partial charge >= 0.3 is 0 Å². The summed E-state index contributed by atoms with van der Waals surface area (Å²) in [5, 5.41) is 44.9. The zero-order valence-electron chi connectivity index (χ0n) is 34.7. The second-order valence-corrected chi connectivity index (χ2v) is 17.6. The maximum absolute atomic E-state index is 12.0. The standard InChI is InChI=1S/C47H39N7O9S2/c1-29-24-42(53-50-39-21-17-31-25-33(19-20-35(31)47(39)55)48-32-11-4-3-5-12-32)43(63-22-9-23-64(56,57)58)27-40(29)51-54-46-37-14-7-6-13-36(37)41(28-44(46)62-2)52-49-34-18-16-30-10-8-15-45(38(30)26-34)65(59,60)61/h3-8,10-21,24-28,48,55H,9,22-23H2,1-2H3,(H,56,57,58)(H,59,60,61). The first-order valence-corrected chi connectivity index (χ1v) is 22.9. The van der Waals surface area contributed by atoms with E-state index in [1.807, 2.05) is 72.8 Å². The van der Waals surface area contributed by atoms with E-state index >= 15 is 0 Å². The number of methoxy groups -OCH3 is 1. The van der Waals surface area contributed by atoms with Crippen molar-refractivity contribution in [3.05, 3.63) is 145 Å². The quantitative estimate of drug-likeness (QED) is 0.0431. The molecular formula is C47H39N7O9S2. The van der Waals surface area contributed by atoms with Crippen LogP contribution in [0.4, 0.5) is 45.5 Å². The average Bonchev–Trinajstić information content (AvgIpc) is 3.29. The second kappa shape index (κ2) is 18.6. The molecule has 0 aliphatic carbocycles. The molecule has 0 bridgehead atoms. The van der Waals surface area contributed by atoms with Gasteiger partial charge in [0.1, 0.15) is 33.5 Å². The minimum atomic E-state index is -4.49. The molecule has 8 aromatic carbocycles.